The van der Waals surface area contributed by atoms with E-state index in [0.29, 0.717) is 0 Å². The van der Waals surface area contributed by atoms with E-state index in [1.165, 1.54) is 0 Å². The quantitative estimate of drug-likeness (QED) is 0.169. The van der Waals surface area contributed by atoms with Gasteiger partial charge >= 0.3 is 0 Å². The molecule has 1 heterocycles. The van der Waals surface area contributed by atoms with Gasteiger partial charge in [0.25, 0.3) is 0 Å². The van der Waals surface area contributed by atoms with Crippen LogP contribution in [0.15, 0.2) is 48.5 Å². The van der Waals surface area contributed by atoms with Crippen LogP contribution in [-0.2, 0) is 20.7 Å². The zero-order valence-corrected chi connectivity index (χ0v) is 23.5. The van der Waals surface area contributed by atoms with E-state index >= 15 is 0 Å². The molecule has 0 saturated carbocycles. The Morgan fingerprint density at radius 3 is 0.766 bits per heavy atom. The van der Waals surface area contributed by atoms with Crippen molar-refractivity contribution in [3.63, 3.8) is 0 Å². The van der Waals surface area contributed by atoms with Gasteiger partial charge in [-0.05, 0) is 84.6 Å². The van der Waals surface area contributed by atoms with E-state index in [2.05, 4.69) is 0 Å². The Morgan fingerprint density at radius 2 is 0.596 bits per heavy atom. The van der Waals surface area contributed by atoms with Gasteiger partial charge in [-0.3, -0.25) is 0 Å². The molecular formula is C31H18F12O4. The van der Waals surface area contributed by atoms with Crippen LogP contribution in [0.5, 0.6) is 0 Å². The molecule has 0 amide bonds. The topological polar surface area (TPSA) is 58.9 Å². The number of hydrogen-bond donors (Lipinski definition) is 2. The third-order valence-corrected chi connectivity index (χ3v) is 7.62. The molecule has 250 valence electrons. The van der Waals surface area contributed by atoms with Gasteiger partial charge in [-0.25, -0.2) is 52.7 Å². The van der Waals surface area contributed by atoms with Crippen molar-refractivity contribution in [2.24, 2.45) is 0 Å². The van der Waals surface area contributed by atoms with E-state index in [0.717, 1.165) is 13.8 Å². The molecule has 2 unspecified atom stereocenters. The average molecular weight is 682 g/mol. The average Bonchev–Trinajstić information content (AvgIpc) is 3.34. The molecule has 0 aliphatic carbocycles. The Bertz CT molecular complexity index is 1570. The Kier molecular flexibility index (Phi) is 8.40. The van der Waals surface area contributed by atoms with Gasteiger partial charge in [-0.1, -0.05) is 0 Å². The minimum absolute atomic E-state index is 0.108. The number of benzene rings is 4. The maximum Gasteiger partial charge on any atom is 0.194 e. The Morgan fingerprint density at radius 1 is 0.426 bits per heavy atom. The first-order valence-corrected chi connectivity index (χ1v) is 13.1. The first-order valence-electron chi connectivity index (χ1n) is 13.1. The van der Waals surface area contributed by atoms with Crippen LogP contribution in [0.3, 0.4) is 0 Å². The molecule has 1 fully saturated rings. The smallest absolute Gasteiger partial charge is 0.194 e. The molecule has 0 aromatic heterocycles. The predicted octanol–water partition coefficient (Wildman–Crippen LogP) is 7.05. The molecule has 2 N–H and O–H groups in total. The standard InChI is InChI=1S/C31H18F12O4/c1-29(2)46-27(30(44,11-3-15(32)23(40)16(33)4-11)12-5-17(34)24(41)18(35)6-12)28(47-29)31(45,13-7-19(36)25(42)20(37)8-13)14-9-21(38)26(43)22(39)10-14/h3-10,27-28,44-45H,1-2H3. The van der Waals surface area contributed by atoms with Crippen molar-refractivity contribution in [3.05, 3.63) is 141 Å². The number of rotatable bonds is 6. The lowest BCUT2D eigenvalue weighted by atomic mass is 9.71. The van der Waals surface area contributed by atoms with Crippen LogP contribution in [0.4, 0.5) is 52.7 Å². The van der Waals surface area contributed by atoms with Gasteiger partial charge < -0.3 is 19.7 Å². The van der Waals surface area contributed by atoms with E-state index in [9.17, 15) is 62.9 Å². The molecular weight excluding hydrogens is 664 g/mol. The fraction of sp³-hybridized carbons (Fsp3) is 0.226. The zero-order chi connectivity index (χ0) is 35.0. The lowest BCUT2D eigenvalue weighted by Crippen LogP contribution is -2.55. The molecule has 47 heavy (non-hydrogen) atoms. The molecule has 1 aliphatic rings. The van der Waals surface area contributed by atoms with Crippen LogP contribution in [0, 0.1) is 69.8 Å². The summed E-state index contributed by atoms with van der Waals surface area (Å²) in [5.41, 5.74) is -11.6. The van der Waals surface area contributed by atoms with Crippen LogP contribution < -0.4 is 0 Å². The highest BCUT2D eigenvalue weighted by molar-refractivity contribution is 5.45. The van der Waals surface area contributed by atoms with Crippen molar-refractivity contribution < 1.29 is 72.4 Å². The molecule has 4 aromatic carbocycles. The maximum absolute atomic E-state index is 14.6. The number of ether oxygens (including phenoxy) is 2. The maximum atomic E-state index is 14.6. The molecule has 5 rings (SSSR count). The molecule has 2 atom stereocenters. The minimum Gasteiger partial charge on any atom is -0.378 e. The lowest BCUT2D eigenvalue weighted by molar-refractivity contribution is -0.172. The van der Waals surface area contributed by atoms with E-state index in [1.54, 1.807) is 0 Å². The molecule has 4 aromatic rings. The monoisotopic (exact) mass is 682 g/mol. The highest BCUT2D eigenvalue weighted by atomic mass is 19.2. The Hall–Kier alpha value is -4.12. The Labute approximate surface area is 256 Å². The summed E-state index contributed by atoms with van der Waals surface area (Å²) < 4.78 is 184. The SMILES string of the molecule is CC1(C)OC(C(O)(c2cc(F)c(F)c(F)c2)c2cc(F)c(F)c(F)c2)C(C(O)(c2cc(F)c(F)c(F)c2)c2cc(F)c(F)c(F)c2)O1. The highest BCUT2D eigenvalue weighted by Gasteiger charge is 2.62. The molecule has 0 radical (unpaired) electrons. The largest absolute Gasteiger partial charge is 0.378 e. The summed E-state index contributed by atoms with van der Waals surface area (Å²) in [6.07, 6.45) is -5.16. The molecule has 0 spiro atoms. The summed E-state index contributed by atoms with van der Waals surface area (Å²) in [4.78, 5) is 0. The van der Waals surface area contributed by atoms with Crippen LogP contribution in [0.1, 0.15) is 36.1 Å². The first-order chi connectivity index (χ1) is 21.7. The van der Waals surface area contributed by atoms with Crippen molar-refractivity contribution in [3.8, 4) is 0 Å². The van der Waals surface area contributed by atoms with Gasteiger partial charge in [0.2, 0.25) is 0 Å². The summed E-state index contributed by atoms with van der Waals surface area (Å²) >= 11 is 0. The first kappa shape index (κ1) is 34.2. The fourth-order valence-electron chi connectivity index (χ4n) is 5.46. The Balaban J connectivity index is 1.90. The van der Waals surface area contributed by atoms with Gasteiger partial charge in [0.1, 0.15) is 23.4 Å². The van der Waals surface area contributed by atoms with Gasteiger partial charge in [0, 0.05) is 0 Å². The van der Waals surface area contributed by atoms with E-state index < -0.39 is 121 Å². The lowest BCUT2D eigenvalue weighted by Gasteiger charge is -2.42. The molecule has 0 bridgehead atoms. The molecule has 1 saturated heterocycles. The van der Waals surface area contributed by atoms with Crippen LogP contribution in [-0.4, -0.2) is 28.2 Å². The van der Waals surface area contributed by atoms with E-state index in [-0.39, 0.29) is 48.5 Å². The van der Waals surface area contributed by atoms with Crippen molar-refractivity contribution in [2.45, 2.75) is 43.0 Å². The van der Waals surface area contributed by atoms with E-state index in [1.807, 2.05) is 0 Å². The zero-order valence-electron chi connectivity index (χ0n) is 23.5. The van der Waals surface area contributed by atoms with Gasteiger partial charge in [0.05, 0.1) is 0 Å². The molecule has 1 aliphatic heterocycles. The van der Waals surface area contributed by atoms with E-state index in [4.69, 9.17) is 9.47 Å². The van der Waals surface area contributed by atoms with Crippen molar-refractivity contribution >= 4 is 0 Å². The normalized spacial score (nSPS) is 18.2. The predicted molar refractivity (Wildman–Crippen MR) is 135 cm³/mol. The summed E-state index contributed by atoms with van der Waals surface area (Å²) in [7, 11) is 0. The third kappa shape index (κ3) is 5.52. The van der Waals surface area contributed by atoms with Gasteiger partial charge in [0.15, 0.2) is 75.6 Å². The summed E-state index contributed by atoms with van der Waals surface area (Å²) in [5, 5.41) is 24.5. The summed E-state index contributed by atoms with van der Waals surface area (Å²) in [6, 6.07) is 0.864. The van der Waals surface area contributed by atoms with Crippen molar-refractivity contribution in [1.29, 1.82) is 0 Å². The van der Waals surface area contributed by atoms with Crippen LogP contribution >= 0.6 is 0 Å². The van der Waals surface area contributed by atoms with Crippen molar-refractivity contribution in [1.82, 2.24) is 0 Å². The van der Waals surface area contributed by atoms with Crippen LogP contribution in [0.25, 0.3) is 0 Å². The van der Waals surface area contributed by atoms with Crippen LogP contribution in [0.2, 0.25) is 0 Å². The number of hydrogen-bond acceptors (Lipinski definition) is 4. The fourth-order valence-corrected chi connectivity index (χ4v) is 5.46. The second-order valence-electron chi connectivity index (χ2n) is 11.0. The third-order valence-electron chi connectivity index (χ3n) is 7.62. The van der Waals surface area contributed by atoms with Gasteiger partial charge in [-0.15, -0.1) is 0 Å². The molecule has 16 heteroatoms. The number of aliphatic hydroxyl groups is 2. The molecule has 4 nitrogen and oxygen atoms in total. The summed E-state index contributed by atoms with van der Waals surface area (Å²) in [5.74, 6) is -26.6. The summed E-state index contributed by atoms with van der Waals surface area (Å²) in [6.45, 7) is 2.08. The second kappa shape index (κ2) is 11.5. The van der Waals surface area contributed by atoms with Gasteiger partial charge in [-0.2, -0.15) is 0 Å². The highest BCUT2D eigenvalue weighted by Crippen LogP contribution is 2.51. The minimum atomic E-state index is -3.49. The number of halogens is 12. The van der Waals surface area contributed by atoms with Crippen molar-refractivity contribution in [2.75, 3.05) is 0 Å². The second-order valence-corrected chi connectivity index (χ2v) is 11.0.